The minimum absolute atomic E-state index is 0.0717. The maximum absolute atomic E-state index is 12.7. The molecule has 0 heterocycles. The van der Waals surface area contributed by atoms with Gasteiger partial charge >= 0.3 is 11.9 Å². The van der Waals surface area contributed by atoms with Crippen LogP contribution >= 0.6 is 0 Å². The zero-order valence-corrected chi connectivity index (χ0v) is 24.0. The summed E-state index contributed by atoms with van der Waals surface area (Å²) in [6, 6.07) is 17.9. The number of nitrogens with zero attached hydrogens (tertiary/aromatic N) is 4. The fraction of sp³-hybridized carbons (Fsp3) is 0.133. The molecule has 0 spiro atoms. The van der Waals surface area contributed by atoms with Crippen molar-refractivity contribution in [2.75, 3.05) is 0 Å². The van der Waals surface area contributed by atoms with Crippen molar-refractivity contribution in [1.29, 1.82) is 0 Å². The molecule has 0 aromatic heterocycles. The third-order valence-electron chi connectivity index (χ3n) is 7.33. The van der Waals surface area contributed by atoms with Crippen molar-refractivity contribution >= 4 is 34.7 Å². The molecule has 0 bridgehead atoms. The van der Waals surface area contributed by atoms with Crippen LogP contribution in [0, 0.1) is 40.5 Å². The molecule has 0 aliphatic carbocycles. The number of hydrogen-bond acceptors (Lipinski definition) is 12. The number of hydrogen-bond donors (Lipinski definition) is 0. The van der Waals surface area contributed by atoms with Gasteiger partial charge in [-0.1, -0.05) is 38.1 Å². The molecule has 0 amide bonds. The number of esters is 2. The van der Waals surface area contributed by atoms with E-state index in [-0.39, 0.29) is 11.5 Å². The van der Waals surface area contributed by atoms with Crippen molar-refractivity contribution < 1.29 is 38.8 Å². The van der Waals surface area contributed by atoms with Gasteiger partial charge in [0.15, 0.2) is 0 Å². The molecule has 0 saturated carbocycles. The average molecular weight is 631 g/mol. The first-order chi connectivity index (χ1) is 21.7. The molecule has 234 valence electrons. The Morgan fingerprint density at radius 2 is 0.935 bits per heavy atom. The van der Waals surface area contributed by atoms with Gasteiger partial charge in [-0.05, 0) is 53.9 Å². The van der Waals surface area contributed by atoms with Crippen LogP contribution in [0.4, 0.5) is 22.7 Å². The highest BCUT2D eigenvalue weighted by Gasteiger charge is 2.29. The number of carbonyl (C=O) groups excluding carboxylic acids is 2. The van der Waals surface area contributed by atoms with Gasteiger partial charge in [-0.3, -0.25) is 40.5 Å². The number of benzene rings is 4. The van der Waals surface area contributed by atoms with Crippen molar-refractivity contribution in [2.24, 2.45) is 0 Å². The number of carbonyl (C=O) groups is 2. The minimum Gasteiger partial charge on any atom is -0.423 e. The van der Waals surface area contributed by atoms with Crippen LogP contribution in [0.25, 0.3) is 0 Å². The molecule has 46 heavy (non-hydrogen) atoms. The predicted octanol–water partition coefficient (Wildman–Crippen LogP) is 6.47. The summed E-state index contributed by atoms with van der Waals surface area (Å²) in [7, 11) is 0. The second kappa shape index (κ2) is 13.0. The van der Waals surface area contributed by atoms with E-state index in [2.05, 4.69) is 0 Å². The van der Waals surface area contributed by atoms with Crippen LogP contribution in [0.15, 0.2) is 84.9 Å². The fourth-order valence-electron chi connectivity index (χ4n) is 4.60. The monoisotopic (exact) mass is 630 g/mol. The third-order valence-corrected chi connectivity index (χ3v) is 7.33. The molecule has 16 nitrogen and oxygen atoms in total. The summed E-state index contributed by atoms with van der Waals surface area (Å²) >= 11 is 0. The van der Waals surface area contributed by atoms with Gasteiger partial charge in [-0.2, -0.15) is 0 Å². The van der Waals surface area contributed by atoms with E-state index < -0.39 is 70.9 Å². The number of non-ortho nitro benzene ring substituents is 2. The van der Waals surface area contributed by atoms with Gasteiger partial charge in [0, 0.05) is 17.5 Å². The van der Waals surface area contributed by atoms with Gasteiger partial charge in [0.1, 0.15) is 22.6 Å². The second-order valence-electron chi connectivity index (χ2n) is 9.94. The van der Waals surface area contributed by atoms with E-state index in [9.17, 15) is 50.0 Å². The van der Waals surface area contributed by atoms with Gasteiger partial charge in [0.25, 0.3) is 22.7 Å². The number of rotatable bonds is 11. The highest BCUT2D eigenvalue weighted by molar-refractivity contribution is 5.96. The Hall–Kier alpha value is -6.58. The van der Waals surface area contributed by atoms with E-state index in [1.165, 1.54) is 24.3 Å². The molecule has 4 aromatic carbocycles. The summed E-state index contributed by atoms with van der Waals surface area (Å²) in [6.07, 6.45) is 0.593. The Labute approximate surface area is 258 Å². The maximum Gasteiger partial charge on any atom is 0.350 e. The van der Waals surface area contributed by atoms with E-state index >= 15 is 0 Å². The molecule has 4 rings (SSSR count). The number of nitro benzene ring substituents is 4. The Bertz CT molecular complexity index is 1760. The minimum atomic E-state index is -1.07. The van der Waals surface area contributed by atoms with E-state index in [4.69, 9.17) is 9.47 Å². The maximum atomic E-state index is 12.7. The zero-order chi connectivity index (χ0) is 33.8. The molecule has 0 aliphatic heterocycles. The molecule has 0 aliphatic rings. The summed E-state index contributed by atoms with van der Waals surface area (Å²) in [6.45, 7) is 3.87. The smallest absolute Gasteiger partial charge is 0.350 e. The van der Waals surface area contributed by atoms with Crippen molar-refractivity contribution in [3.8, 4) is 11.5 Å². The molecule has 0 fully saturated rings. The first-order valence-corrected chi connectivity index (χ1v) is 13.3. The lowest BCUT2D eigenvalue weighted by atomic mass is 9.74. The van der Waals surface area contributed by atoms with Crippen LogP contribution < -0.4 is 9.47 Å². The van der Waals surface area contributed by atoms with E-state index in [0.717, 1.165) is 35.4 Å². The Kier molecular flexibility index (Phi) is 9.11. The molecule has 0 saturated heterocycles. The molecule has 0 atom stereocenters. The lowest BCUT2D eigenvalue weighted by Gasteiger charge is -2.30. The number of nitro groups is 4. The highest BCUT2D eigenvalue weighted by Crippen LogP contribution is 2.37. The molecular weight excluding hydrogens is 608 g/mol. The summed E-state index contributed by atoms with van der Waals surface area (Å²) in [5.74, 6) is -2.00. The van der Waals surface area contributed by atoms with E-state index in [1.807, 2.05) is 13.8 Å². The lowest BCUT2D eigenvalue weighted by Crippen LogP contribution is -2.22. The summed E-state index contributed by atoms with van der Waals surface area (Å²) in [5.41, 5.74) is -2.56. The molecular formula is C30H22N4O12. The topological polar surface area (TPSA) is 225 Å². The predicted molar refractivity (Wildman–Crippen MR) is 159 cm³/mol. The van der Waals surface area contributed by atoms with Gasteiger partial charge < -0.3 is 9.47 Å². The van der Waals surface area contributed by atoms with E-state index in [1.54, 1.807) is 24.3 Å². The van der Waals surface area contributed by atoms with Crippen LogP contribution in [0.2, 0.25) is 0 Å². The van der Waals surface area contributed by atoms with Crippen LogP contribution in [0.1, 0.15) is 52.1 Å². The molecule has 4 aromatic rings. The molecule has 0 radical (unpaired) electrons. The summed E-state index contributed by atoms with van der Waals surface area (Å²) in [5, 5.41) is 44.7. The quantitative estimate of drug-likeness (QED) is 0.0751. The van der Waals surface area contributed by atoms with Crippen LogP contribution in [-0.2, 0) is 5.41 Å². The third kappa shape index (κ3) is 6.65. The van der Waals surface area contributed by atoms with Crippen molar-refractivity contribution in [1.82, 2.24) is 0 Å². The number of ether oxygens (including phenoxy) is 2. The van der Waals surface area contributed by atoms with Crippen molar-refractivity contribution in [2.45, 2.75) is 25.7 Å². The Morgan fingerprint density at radius 1 is 0.587 bits per heavy atom. The second-order valence-corrected chi connectivity index (χ2v) is 9.94. The van der Waals surface area contributed by atoms with Gasteiger partial charge in [0.2, 0.25) is 0 Å². The molecule has 16 heteroatoms. The zero-order valence-electron chi connectivity index (χ0n) is 24.0. The van der Waals surface area contributed by atoms with Crippen molar-refractivity contribution in [3.63, 3.8) is 0 Å². The standard InChI is InChI=1S/C30H22N4O12/c1-3-30(2,18-4-10-22(11-5-18)45-28(35)24-14-8-20(31(37)38)16-26(24)33(41)42)19-6-12-23(13-7-19)46-29(36)25-15-9-21(32(39)40)17-27(25)34(43)44/h4-17H,3H2,1-2H3. The fourth-order valence-corrected chi connectivity index (χ4v) is 4.60. The van der Waals surface area contributed by atoms with Crippen LogP contribution in [-0.4, -0.2) is 31.6 Å². The summed E-state index contributed by atoms with van der Waals surface area (Å²) in [4.78, 5) is 66.6. The van der Waals surface area contributed by atoms with Crippen LogP contribution in [0.3, 0.4) is 0 Å². The first kappa shape index (κ1) is 32.3. The van der Waals surface area contributed by atoms with Gasteiger partial charge in [0.05, 0.1) is 31.8 Å². The van der Waals surface area contributed by atoms with Crippen molar-refractivity contribution in [3.05, 3.63) is 148 Å². The highest BCUT2D eigenvalue weighted by atomic mass is 16.6. The normalized spacial score (nSPS) is 10.9. The average Bonchev–Trinajstić information content (AvgIpc) is 3.04. The largest absolute Gasteiger partial charge is 0.423 e. The van der Waals surface area contributed by atoms with E-state index in [0.29, 0.717) is 18.6 Å². The Morgan fingerprint density at radius 3 is 1.22 bits per heavy atom. The van der Waals surface area contributed by atoms with Crippen LogP contribution in [0.5, 0.6) is 11.5 Å². The van der Waals surface area contributed by atoms with Gasteiger partial charge in [-0.15, -0.1) is 0 Å². The first-order valence-electron chi connectivity index (χ1n) is 13.3. The molecule has 0 N–H and O–H groups in total. The molecule has 0 unspecified atom stereocenters. The summed E-state index contributed by atoms with van der Waals surface area (Å²) < 4.78 is 10.6. The Balaban J connectivity index is 1.51. The van der Waals surface area contributed by atoms with Gasteiger partial charge in [-0.25, -0.2) is 9.59 Å². The lowest BCUT2D eigenvalue weighted by molar-refractivity contribution is -0.394. The SMILES string of the molecule is CCC(C)(c1ccc(OC(=O)c2ccc([N+](=O)[O-])cc2[N+](=O)[O-])cc1)c1ccc(OC(=O)c2ccc([N+](=O)[O-])cc2[N+](=O)[O-])cc1.